The fourth-order valence-corrected chi connectivity index (χ4v) is 1.27. The highest BCUT2D eigenvalue weighted by Crippen LogP contribution is 2.07. The number of hydrogen-bond acceptors (Lipinski definition) is 4. The molecule has 0 aliphatic rings. The van der Waals surface area contributed by atoms with Crippen LogP contribution in [0.2, 0.25) is 0 Å². The molecule has 0 aromatic carbocycles. The first-order valence-corrected chi connectivity index (χ1v) is 4.78. The van der Waals surface area contributed by atoms with Gasteiger partial charge in [0.1, 0.15) is 0 Å². The average Bonchev–Trinajstić information content (AvgIpc) is 2.55. The molecule has 0 amide bonds. The van der Waals surface area contributed by atoms with Crippen LogP contribution in [0.25, 0.3) is 0 Å². The summed E-state index contributed by atoms with van der Waals surface area (Å²) in [7, 11) is 3.81. The summed E-state index contributed by atoms with van der Waals surface area (Å²) in [6, 6.07) is 0. The second-order valence-electron chi connectivity index (χ2n) is 2.88. The Labute approximate surface area is 81.7 Å². The molecular weight excluding hydrogens is 184 g/mol. The second kappa shape index (κ2) is 4.18. The third-order valence-electron chi connectivity index (χ3n) is 1.69. The van der Waals surface area contributed by atoms with Gasteiger partial charge in [-0.15, -0.1) is 11.3 Å². The zero-order chi connectivity index (χ0) is 9.84. The molecule has 0 radical (unpaired) electrons. The van der Waals surface area contributed by atoms with Crippen LogP contribution < -0.4 is 0 Å². The molecule has 70 valence electrons. The first-order chi connectivity index (χ1) is 6.11. The minimum Gasteiger partial charge on any atom is -0.381 e. The van der Waals surface area contributed by atoms with Crippen LogP contribution in [-0.2, 0) is 0 Å². The molecule has 0 atom stereocenters. The molecular formula is C9H12N2OS. The number of allylic oxidation sites excluding steroid dienone is 2. The van der Waals surface area contributed by atoms with Crippen molar-refractivity contribution in [1.82, 2.24) is 9.88 Å². The van der Waals surface area contributed by atoms with Gasteiger partial charge in [0.2, 0.25) is 5.78 Å². The van der Waals surface area contributed by atoms with Crippen LogP contribution in [0.1, 0.15) is 16.7 Å². The Bertz CT molecular complexity index is 314. The number of aromatic nitrogens is 1. The van der Waals surface area contributed by atoms with Gasteiger partial charge in [-0.3, -0.25) is 4.79 Å². The van der Waals surface area contributed by atoms with Crippen molar-refractivity contribution in [2.75, 3.05) is 14.1 Å². The van der Waals surface area contributed by atoms with Crippen molar-refractivity contribution in [2.24, 2.45) is 0 Å². The lowest BCUT2D eigenvalue weighted by Gasteiger charge is -2.11. The lowest BCUT2D eigenvalue weighted by Crippen LogP contribution is -2.10. The molecule has 0 saturated heterocycles. The third kappa shape index (κ3) is 2.66. The third-order valence-corrected chi connectivity index (χ3v) is 2.48. The van der Waals surface area contributed by atoms with E-state index in [1.165, 1.54) is 11.3 Å². The van der Waals surface area contributed by atoms with Crippen LogP contribution in [-0.4, -0.2) is 29.8 Å². The molecule has 0 fully saturated rings. The number of thiazole rings is 1. The fraction of sp³-hybridized carbons (Fsp3) is 0.333. The van der Waals surface area contributed by atoms with E-state index in [-0.39, 0.29) is 5.78 Å². The van der Waals surface area contributed by atoms with E-state index >= 15 is 0 Å². The van der Waals surface area contributed by atoms with Gasteiger partial charge in [0.05, 0.1) is 0 Å². The Morgan fingerprint density at radius 1 is 1.62 bits per heavy atom. The predicted molar refractivity (Wildman–Crippen MR) is 53.9 cm³/mol. The largest absolute Gasteiger partial charge is 0.381 e. The minimum atomic E-state index is -0.0267. The molecule has 0 aliphatic carbocycles. The Hall–Kier alpha value is -1.16. The Balaban J connectivity index is 2.76. The van der Waals surface area contributed by atoms with Crippen molar-refractivity contribution >= 4 is 17.1 Å². The Morgan fingerprint density at radius 3 is 2.77 bits per heavy atom. The molecule has 1 rings (SSSR count). The normalized spacial score (nSPS) is 11.5. The number of nitrogens with zero attached hydrogens (tertiary/aromatic N) is 2. The summed E-state index contributed by atoms with van der Waals surface area (Å²) >= 11 is 1.36. The van der Waals surface area contributed by atoms with E-state index in [0.29, 0.717) is 5.01 Å². The van der Waals surface area contributed by atoms with Crippen LogP contribution in [0.5, 0.6) is 0 Å². The van der Waals surface area contributed by atoms with Gasteiger partial charge in [0.15, 0.2) is 5.01 Å². The molecule has 1 aromatic heterocycles. The topological polar surface area (TPSA) is 33.2 Å². The number of rotatable bonds is 3. The summed E-state index contributed by atoms with van der Waals surface area (Å²) in [6.45, 7) is 1.89. The molecule has 1 heterocycles. The molecule has 0 N–H and O–H groups in total. The molecule has 0 unspecified atom stereocenters. The zero-order valence-corrected chi connectivity index (χ0v) is 8.76. The van der Waals surface area contributed by atoms with Crippen molar-refractivity contribution in [3.8, 4) is 0 Å². The summed E-state index contributed by atoms with van der Waals surface area (Å²) in [6.07, 6.45) is 3.23. The van der Waals surface area contributed by atoms with E-state index in [9.17, 15) is 4.79 Å². The van der Waals surface area contributed by atoms with Crippen LogP contribution in [0.4, 0.5) is 0 Å². The van der Waals surface area contributed by atoms with Gasteiger partial charge in [-0.05, 0) is 6.92 Å². The highest BCUT2D eigenvalue weighted by Gasteiger charge is 2.05. The molecule has 4 heteroatoms. The van der Waals surface area contributed by atoms with Gasteiger partial charge in [0.25, 0.3) is 0 Å². The standard InChI is InChI=1S/C9H12N2OS/c1-7(11(2)3)6-8(12)9-10-4-5-13-9/h4-6H,1-3H3/b7-6-. The highest BCUT2D eigenvalue weighted by molar-refractivity contribution is 7.11. The Kier molecular flexibility index (Phi) is 3.19. The summed E-state index contributed by atoms with van der Waals surface area (Å²) in [4.78, 5) is 17.3. The molecule has 0 spiro atoms. The molecule has 0 bridgehead atoms. The van der Waals surface area contributed by atoms with Crippen molar-refractivity contribution in [3.05, 3.63) is 28.4 Å². The predicted octanol–water partition coefficient (Wildman–Crippen LogP) is 1.79. The first kappa shape index (κ1) is 9.92. The maximum absolute atomic E-state index is 11.5. The van der Waals surface area contributed by atoms with E-state index in [4.69, 9.17) is 0 Å². The van der Waals surface area contributed by atoms with Crippen LogP contribution in [0.15, 0.2) is 23.3 Å². The van der Waals surface area contributed by atoms with E-state index in [0.717, 1.165) is 5.70 Å². The monoisotopic (exact) mass is 196 g/mol. The van der Waals surface area contributed by atoms with Crippen molar-refractivity contribution in [3.63, 3.8) is 0 Å². The summed E-state index contributed by atoms with van der Waals surface area (Å²) < 4.78 is 0. The maximum Gasteiger partial charge on any atom is 0.216 e. The smallest absolute Gasteiger partial charge is 0.216 e. The molecule has 0 saturated carbocycles. The number of carbonyl (C=O) groups is 1. The summed E-state index contributed by atoms with van der Waals surface area (Å²) in [5.74, 6) is -0.0267. The quantitative estimate of drug-likeness (QED) is 0.546. The van der Waals surface area contributed by atoms with Crippen LogP contribution in [0.3, 0.4) is 0 Å². The van der Waals surface area contributed by atoms with Crippen molar-refractivity contribution in [1.29, 1.82) is 0 Å². The van der Waals surface area contributed by atoms with Crippen molar-refractivity contribution < 1.29 is 4.79 Å². The second-order valence-corrected chi connectivity index (χ2v) is 3.78. The highest BCUT2D eigenvalue weighted by atomic mass is 32.1. The summed E-state index contributed by atoms with van der Waals surface area (Å²) in [5, 5.41) is 2.34. The first-order valence-electron chi connectivity index (χ1n) is 3.90. The lowest BCUT2D eigenvalue weighted by atomic mass is 10.3. The van der Waals surface area contributed by atoms with E-state index < -0.39 is 0 Å². The number of ketones is 1. The Morgan fingerprint density at radius 2 is 2.31 bits per heavy atom. The van der Waals surface area contributed by atoms with Crippen molar-refractivity contribution in [2.45, 2.75) is 6.92 Å². The fourth-order valence-electron chi connectivity index (χ4n) is 0.726. The minimum absolute atomic E-state index is 0.0267. The van der Waals surface area contributed by atoms with Gasteiger partial charge in [-0.25, -0.2) is 4.98 Å². The van der Waals surface area contributed by atoms with Crippen LogP contribution in [0, 0.1) is 0 Å². The van der Waals surface area contributed by atoms with E-state index in [2.05, 4.69) is 4.98 Å². The van der Waals surface area contributed by atoms with Gasteiger partial charge in [0, 0.05) is 37.4 Å². The number of carbonyl (C=O) groups excluding carboxylic acids is 1. The van der Waals surface area contributed by atoms with Gasteiger partial charge in [-0.1, -0.05) is 0 Å². The number of hydrogen-bond donors (Lipinski definition) is 0. The van der Waals surface area contributed by atoms with Gasteiger partial charge < -0.3 is 4.90 Å². The maximum atomic E-state index is 11.5. The SMILES string of the molecule is C/C(=C/C(=O)c1nccs1)N(C)C. The molecule has 0 aliphatic heterocycles. The van der Waals surface area contributed by atoms with Crippen LogP contribution >= 0.6 is 11.3 Å². The average molecular weight is 196 g/mol. The van der Waals surface area contributed by atoms with Gasteiger partial charge in [-0.2, -0.15) is 0 Å². The molecule has 1 aromatic rings. The van der Waals surface area contributed by atoms with E-state index in [1.807, 2.05) is 25.9 Å². The lowest BCUT2D eigenvalue weighted by molar-refractivity contribution is 0.104. The molecule has 3 nitrogen and oxygen atoms in total. The van der Waals surface area contributed by atoms with E-state index in [1.54, 1.807) is 17.7 Å². The molecule has 13 heavy (non-hydrogen) atoms. The summed E-state index contributed by atoms with van der Waals surface area (Å²) in [5.41, 5.74) is 0.931. The van der Waals surface area contributed by atoms with Gasteiger partial charge >= 0.3 is 0 Å². The zero-order valence-electron chi connectivity index (χ0n) is 7.94.